The largest absolute Gasteiger partial charge is 0.357 e. The second-order valence-corrected chi connectivity index (χ2v) is 6.82. The van der Waals surface area contributed by atoms with Gasteiger partial charge >= 0.3 is 0 Å². The first-order valence-corrected chi connectivity index (χ1v) is 10.2. The van der Waals surface area contributed by atoms with Crippen molar-refractivity contribution in [2.24, 2.45) is 0 Å². The van der Waals surface area contributed by atoms with Gasteiger partial charge in [0.25, 0.3) is 0 Å². The molecule has 1 saturated heterocycles. The van der Waals surface area contributed by atoms with E-state index in [2.05, 4.69) is 72.5 Å². The van der Waals surface area contributed by atoms with Gasteiger partial charge in [-0.1, -0.05) is 36.9 Å². The maximum absolute atomic E-state index is 5.04. The van der Waals surface area contributed by atoms with Gasteiger partial charge in [0.05, 0.1) is 0 Å². The first-order valence-electron chi connectivity index (χ1n) is 9.43. The Bertz CT molecular complexity index is 919. The molecule has 1 aliphatic rings. The summed E-state index contributed by atoms with van der Waals surface area (Å²) in [5.74, 6) is 1.08. The van der Waals surface area contributed by atoms with Crippen molar-refractivity contribution in [3.05, 3.63) is 66.7 Å². The van der Waals surface area contributed by atoms with Gasteiger partial charge in [-0.2, -0.15) is 24.3 Å². The molecule has 146 valence electrons. The molecule has 2 nitrogen and oxygen atoms in total. The van der Waals surface area contributed by atoms with Gasteiger partial charge in [-0.3, -0.25) is 4.98 Å². The predicted octanol–water partition coefficient (Wildman–Crippen LogP) is 6.58. The minimum atomic E-state index is 0. The standard InChI is InChI=1S/C23H23N2.CH3Cl.Cr/c1-17(2)21-22(18-11-5-3-6-12-18)19-13-7-8-14-20(19)24-23(21)25-15-9-4-10-16-25;1-2;/h3,5-7,11-14H,1,4,9-10,15-16H2,2H3;1H3;/q-1;;. The number of rotatable bonds is 3. The molecule has 3 aromatic rings. The summed E-state index contributed by atoms with van der Waals surface area (Å²) in [6.45, 7) is 8.54. The molecule has 4 heteroatoms. The fraction of sp³-hybridized carbons (Fsp3) is 0.292. The molecular formula is C24H26ClCrN2-. The van der Waals surface area contributed by atoms with E-state index in [4.69, 9.17) is 4.98 Å². The summed E-state index contributed by atoms with van der Waals surface area (Å²) in [4.78, 5) is 7.48. The summed E-state index contributed by atoms with van der Waals surface area (Å²) in [5, 5.41) is 1.17. The average Bonchev–Trinajstić information content (AvgIpc) is 2.75. The Kier molecular flexibility index (Phi) is 8.58. The van der Waals surface area contributed by atoms with Crippen molar-refractivity contribution in [3.63, 3.8) is 0 Å². The topological polar surface area (TPSA) is 16.1 Å². The fourth-order valence-electron chi connectivity index (χ4n) is 3.79. The van der Waals surface area contributed by atoms with Gasteiger partial charge in [-0.05, 0) is 48.4 Å². The number of hydrogen-bond donors (Lipinski definition) is 0. The number of aromatic nitrogens is 1. The summed E-state index contributed by atoms with van der Waals surface area (Å²) in [7, 11) is 0. The van der Waals surface area contributed by atoms with Crippen molar-refractivity contribution in [2.75, 3.05) is 24.4 Å². The molecule has 0 saturated carbocycles. The molecule has 0 atom stereocenters. The van der Waals surface area contributed by atoms with Crippen LogP contribution in [-0.2, 0) is 17.4 Å². The van der Waals surface area contributed by atoms with Gasteiger partial charge in [-0.25, -0.2) is 0 Å². The van der Waals surface area contributed by atoms with Gasteiger partial charge in [0.1, 0.15) is 5.82 Å². The number of nitrogens with zero attached hydrogens (tertiary/aromatic N) is 2. The molecule has 2 aromatic carbocycles. The maximum atomic E-state index is 5.04. The molecule has 0 spiro atoms. The Morgan fingerprint density at radius 2 is 1.75 bits per heavy atom. The fourth-order valence-corrected chi connectivity index (χ4v) is 3.79. The third-order valence-electron chi connectivity index (χ3n) is 4.96. The Balaban J connectivity index is 0.000000906. The van der Waals surface area contributed by atoms with Crippen LogP contribution in [0, 0.1) is 6.07 Å². The molecular weight excluding hydrogens is 404 g/mol. The number of halogens is 1. The Labute approximate surface area is 184 Å². The van der Waals surface area contributed by atoms with Crippen LogP contribution in [0.25, 0.3) is 27.6 Å². The molecule has 28 heavy (non-hydrogen) atoms. The van der Waals surface area contributed by atoms with Crippen molar-refractivity contribution >= 4 is 33.9 Å². The molecule has 1 fully saturated rings. The van der Waals surface area contributed by atoms with E-state index in [9.17, 15) is 0 Å². The number of benzene rings is 2. The third kappa shape index (κ3) is 4.61. The Hall–Kier alpha value is -1.79. The van der Waals surface area contributed by atoms with Crippen LogP contribution < -0.4 is 4.90 Å². The molecule has 1 aliphatic heterocycles. The number of hydrogen-bond acceptors (Lipinski definition) is 2. The first kappa shape index (κ1) is 22.5. The molecule has 0 N–H and O–H groups in total. The molecule has 1 aromatic heterocycles. The van der Waals surface area contributed by atoms with E-state index < -0.39 is 0 Å². The third-order valence-corrected chi connectivity index (χ3v) is 4.96. The number of pyridine rings is 1. The quantitative estimate of drug-likeness (QED) is 0.345. The van der Waals surface area contributed by atoms with Crippen LogP contribution >= 0.6 is 11.6 Å². The molecule has 2 heterocycles. The van der Waals surface area contributed by atoms with E-state index in [0.717, 1.165) is 30.0 Å². The molecule has 0 aliphatic carbocycles. The van der Waals surface area contributed by atoms with Gasteiger partial charge in [0.15, 0.2) is 0 Å². The van der Waals surface area contributed by atoms with E-state index in [-0.39, 0.29) is 17.4 Å². The van der Waals surface area contributed by atoms with Gasteiger partial charge < -0.3 is 4.90 Å². The summed E-state index contributed by atoms with van der Waals surface area (Å²) >= 11 is 4.64. The smallest absolute Gasteiger partial charge is 0.124 e. The van der Waals surface area contributed by atoms with Gasteiger partial charge in [-0.15, -0.1) is 17.0 Å². The number of piperidine rings is 1. The van der Waals surface area contributed by atoms with Crippen LogP contribution in [0.3, 0.4) is 0 Å². The molecule has 0 radical (unpaired) electrons. The molecule has 0 amide bonds. The van der Waals surface area contributed by atoms with Crippen molar-refractivity contribution in [1.29, 1.82) is 0 Å². The zero-order chi connectivity index (χ0) is 19.2. The van der Waals surface area contributed by atoms with E-state index in [1.165, 1.54) is 47.7 Å². The monoisotopic (exact) mass is 429 g/mol. The Morgan fingerprint density at radius 3 is 2.39 bits per heavy atom. The van der Waals surface area contributed by atoms with Crippen LogP contribution in [0.2, 0.25) is 0 Å². The second kappa shape index (κ2) is 10.7. The van der Waals surface area contributed by atoms with Gasteiger partial charge in [0.2, 0.25) is 0 Å². The van der Waals surface area contributed by atoms with Crippen molar-refractivity contribution in [3.8, 4) is 11.1 Å². The second-order valence-electron chi connectivity index (χ2n) is 6.82. The average molecular weight is 430 g/mol. The summed E-state index contributed by atoms with van der Waals surface area (Å²) < 4.78 is 0. The van der Waals surface area contributed by atoms with E-state index in [0.29, 0.717) is 0 Å². The van der Waals surface area contributed by atoms with Crippen molar-refractivity contribution in [1.82, 2.24) is 4.98 Å². The number of alkyl halides is 1. The molecule has 0 unspecified atom stereocenters. The van der Waals surface area contributed by atoms with Crippen LogP contribution in [0.15, 0.2) is 55.1 Å². The van der Waals surface area contributed by atoms with Crippen LogP contribution in [-0.4, -0.2) is 24.5 Å². The summed E-state index contributed by atoms with van der Waals surface area (Å²) in [6, 6.07) is 19.9. The zero-order valence-electron chi connectivity index (χ0n) is 16.5. The van der Waals surface area contributed by atoms with Crippen LogP contribution in [0.4, 0.5) is 5.82 Å². The van der Waals surface area contributed by atoms with Crippen LogP contribution in [0.1, 0.15) is 31.7 Å². The van der Waals surface area contributed by atoms with Crippen molar-refractivity contribution < 1.29 is 17.4 Å². The predicted molar refractivity (Wildman–Crippen MR) is 119 cm³/mol. The SMILES string of the molecule is C=C(C)c1c(N2CCCCC2)nc2c[c-]ccc2c1-c1ccccc1.CCl.[Cr]. The zero-order valence-corrected chi connectivity index (χ0v) is 18.6. The molecule has 4 rings (SSSR count). The summed E-state index contributed by atoms with van der Waals surface area (Å²) in [6.07, 6.45) is 5.25. The van der Waals surface area contributed by atoms with Crippen molar-refractivity contribution in [2.45, 2.75) is 26.2 Å². The van der Waals surface area contributed by atoms with E-state index in [1.807, 2.05) is 12.1 Å². The minimum absolute atomic E-state index is 0. The maximum Gasteiger partial charge on any atom is 0.124 e. The van der Waals surface area contributed by atoms with E-state index >= 15 is 0 Å². The number of allylic oxidation sites excluding steroid dienone is 1. The Morgan fingerprint density at radius 1 is 1.07 bits per heavy atom. The first-order chi connectivity index (χ1) is 13.3. The van der Waals surface area contributed by atoms with Crippen LogP contribution in [0.5, 0.6) is 0 Å². The number of anilines is 1. The summed E-state index contributed by atoms with van der Waals surface area (Å²) in [5.41, 5.74) is 5.73. The van der Waals surface area contributed by atoms with E-state index in [1.54, 1.807) is 0 Å². The van der Waals surface area contributed by atoms with Gasteiger partial charge in [0, 0.05) is 42.4 Å². The minimum Gasteiger partial charge on any atom is -0.357 e. The number of fused-ring (bicyclic) bond motifs is 1. The molecule has 0 bridgehead atoms. The normalized spacial score (nSPS) is 13.3.